The summed E-state index contributed by atoms with van der Waals surface area (Å²) in [6.45, 7) is 6.04. The summed E-state index contributed by atoms with van der Waals surface area (Å²) < 4.78 is 2.73. The number of hydrogen-bond donors (Lipinski definition) is 1. The summed E-state index contributed by atoms with van der Waals surface area (Å²) in [7, 11) is 0. The van der Waals surface area contributed by atoms with Crippen LogP contribution in [0.25, 0.3) is 11.0 Å². The van der Waals surface area contributed by atoms with Gasteiger partial charge in [0.15, 0.2) is 0 Å². The van der Waals surface area contributed by atoms with Crippen molar-refractivity contribution in [2.45, 2.75) is 20.8 Å². The van der Waals surface area contributed by atoms with Crippen molar-refractivity contribution in [3.05, 3.63) is 28.5 Å². The molecule has 0 bridgehead atoms. The van der Waals surface area contributed by atoms with Gasteiger partial charge in [-0.2, -0.15) is 0 Å². The standard InChI is InChI=1S/C8H7BrN2S.C2H6/c1-5-4-11(12)8-7(5)2-6(9)3-10-8;1-2/h2-4,12H,1H3;1-2H3. The molecule has 2 heterocycles. The number of fused-ring (bicyclic) bond motifs is 1. The summed E-state index contributed by atoms with van der Waals surface area (Å²) in [5, 5.41) is 1.14. The molecule has 0 saturated heterocycles. The van der Waals surface area contributed by atoms with Crippen LogP contribution < -0.4 is 0 Å². The average Bonchev–Trinajstić information content (AvgIpc) is 2.46. The molecule has 0 spiro atoms. The Labute approximate surface area is 98.0 Å². The van der Waals surface area contributed by atoms with E-state index in [-0.39, 0.29) is 0 Å². The van der Waals surface area contributed by atoms with Crippen molar-refractivity contribution >= 4 is 39.8 Å². The fourth-order valence-corrected chi connectivity index (χ4v) is 1.88. The molecule has 0 aliphatic carbocycles. The molecule has 76 valence electrons. The highest BCUT2D eigenvalue weighted by Crippen LogP contribution is 2.22. The maximum Gasteiger partial charge on any atom is 0.150 e. The number of thiol groups is 1. The average molecular weight is 273 g/mol. The summed E-state index contributed by atoms with van der Waals surface area (Å²) in [6, 6.07) is 2.05. The highest BCUT2D eigenvalue weighted by atomic mass is 79.9. The fraction of sp³-hybridized carbons (Fsp3) is 0.300. The Hall–Kier alpha value is -0.480. The van der Waals surface area contributed by atoms with E-state index in [1.807, 2.05) is 33.0 Å². The van der Waals surface area contributed by atoms with E-state index in [0.717, 1.165) is 15.5 Å². The number of hydrogen-bond acceptors (Lipinski definition) is 2. The van der Waals surface area contributed by atoms with Crippen molar-refractivity contribution in [1.82, 2.24) is 8.96 Å². The van der Waals surface area contributed by atoms with E-state index in [2.05, 4.69) is 33.7 Å². The third-order valence-electron chi connectivity index (χ3n) is 1.79. The van der Waals surface area contributed by atoms with Crippen LogP contribution >= 0.6 is 28.7 Å². The molecule has 0 aromatic carbocycles. The van der Waals surface area contributed by atoms with Gasteiger partial charge in [-0.15, -0.1) is 0 Å². The predicted molar refractivity (Wildman–Crippen MR) is 67.9 cm³/mol. The first-order valence-electron chi connectivity index (χ1n) is 4.51. The molecule has 0 fully saturated rings. The second kappa shape index (κ2) is 4.84. The Morgan fingerprint density at radius 2 is 2.07 bits per heavy atom. The van der Waals surface area contributed by atoms with Gasteiger partial charge < -0.3 is 0 Å². The minimum atomic E-state index is 0.902. The molecule has 0 amide bonds. The highest BCUT2D eigenvalue weighted by molar-refractivity contribution is 9.10. The van der Waals surface area contributed by atoms with Gasteiger partial charge in [0.1, 0.15) is 5.65 Å². The van der Waals surface area contributed by atoms with E-state index in [4.69, 9.17) is 0 Å². The van der Waals surface area contributed by atoms with Gasteiger partial charge in [0.25, 0.3) is 0 Å². The maximum atomic E-state index is 4.24. The summed E-state index contributed by atoms with van der Waals surface area (Å²) in [6.07, 6.45) is 3.72. The lowest BCUT2D eigenvalue weighted by molar-refractivity contribution is 1.26. The third kappa shape index (κ3) is 2.12. The fourth-order valence-electron chi connectivity index (χ4n) is 1.22. The molecule has 14 heavy (non-hydrogen) atoms. The highest BCUT2D eigenvalue weighted by Gasteiger charge is 2.03. The quantitative estimate of drug-likeness (QED) is 0.722. The monoisotopic (exact) mass is 272 g/mol. The Morgan fingerprint density at radius 3 is 2.71 bits per heavy atom. The maximum absolute atomic E-state index is 4.24. The number of nitrogens with zero attached hydrogens (tertiary/aromatic N) is 2. The molecule has 2 aromatic heterocycles. The van der Waals surface area contributed by atoms with E-state index in [1.165, 1.54) is 5.56 Å². The van der Waals surface area contributed by atoms with Gasteiger partial charge in [0.2, 0.25) is 0 Å². The van der Waals surface area contributed by atoms with Crippen LogP contribution in [0.15, 0.2) is 22.9 Å². The van der Waals surface area contributed by atoms with Gasteiger partial charge in [-0.05, 0) is 34.5 Å². The summed E-state index contributed by atoms with van der Waals surface area (Å²) in [4.78, 5) is 4.24. The molecule has 0 saturated carbocycles. The van der Waals surface area contributed by atoms with Crippen molar-refractivity contribution in [2.24, 2.45) is 0 Å². The first-order chi connectivity index (χ1) is 6.68. The smallest absolute Gasteiger partial charge is 0.150 e. The molecule has 2 nitrogen and oxygen atoms in total. The third-order valence-corrected chi connectivity index (χ3v) is 2.53. The molecule has 0 N–H and O–H groups in total. The molecular formula is C10H13BrN2S. The molecule has 2 aromatic rings. The molecule has 0 radical (unpaired) electrons. The van der Waals surface area contributed by atoms with Crippen LogP contribution in [-0.2, 0) is 0 Å². The van der Waals surface area contributed by atoms with Crippen molar-refractivity contribution in [3.63, 3.8) is 0 Å². The van der Waals surface area contributed by atoms with E-state index < -0.39 is 0 Å². The van der Waals surface area contributed by atoms with Crippen LogP contribution in [0.3, 0.4) is 0 Å². The van der Waals surface area contributed by atoms with E-state index in [0.29, 0.717) is 0 Å². The first kappa shape index (κ1) is 11.6. The normalized spacial score (nSPS) is 9.79. The summed E-state index contributed by atoms with van der Waals surface area (Å²) in [5.74, 6) is 0. The molecule has 0 atom stereocenters. The number of aromatic nitrogens is 2. The van der Waals surface area contributed by atoms with Gasteiger partial charge in [0, 0.05) is 22.3 Å². The van der Waals surface area contributed by atoms with Crippen LogP contribution in [-0.4, -0.2) is 8.96 Å². The minimum Gasteiger partial charge on any atom is -0.278 e. The molecule has 2 rings (SSSR count). The molecular weight excluding hydrogens is 260 g/mol. The SMILES string of the molecule is CC.Cc1cn(S)c2ncc(Br)cc12. The zero-order valence-corrected chi connectivity index (χ0v) is 10.9. The molecule has 0 aliphatic rings. The van der Waals surface area contributed by atoms with Crippen molar-refractivity contribution in [1.29, 1.82) is 0 Å². The van der Waals surface area contributed by atoms with Crippen LogP contribution in [0.2, 0.25) is 0 Å². The van der Waals surface area contributed by atoms with Gasteiger partial charge >= 0.3 is 0 Å². The van der Waals surface area contributed by atoms with Gasteiger partial charge in [-0.3, -0.25) is 3.97 Å². The van der Waals surface area contributed by atoms with Crippen LogP contribution in [0, 0.1) is 6.92 Å². The lowest BCUT2D eigenvalue weighted by atomic mass is 10.2. The predicted octanol–water partition coefficient (Wildman–Crippen LogP) is 3.83. The second-order valence-corrected chi connectivity index (χ2v) is 4.03. The van der Waals surface area contributed by atoms with Crippen LogP contribution in [0.1, 0.15) is 19.4 Å². The lowest BCUT2D eigenvalue weighted by Crippen LogP contribution is -1.80. The Morgan fingerprint density at radius 1 is 1.43 bits per heavy atom. The van der Waals surface area contributed by atoms with E-state index in [9.17, 15) is 0 Å². The van der Waals surface area contributed by atoms with Gasteiger partial charge in [0.05, 0.1) is 0 Å². The Balaban J connectivity index is 0.000000461. The van der Waals surface area contributed by atoms with Gasteiger partial charge in [-0.25, -0.2) is 4.98 Å². The number of pyridine rings is 1. The van der Waals surface area contributed by atoms with Crippen molar-refractivity contribution < 1.29 is 0 Å². The molecule has 0 aliphatic heterocycles. The Bertz CT molecular complexity index is 437. The van der Waals surface area contributed by atoms with Crippen LogP contribution in [0.4, 0.5) is 0 Å². The minimum absolute atomic E-state index is 0.902. The second-order valence-electron chi connectivity index (χ2n) is 2.68. The molecule has 0 unspecified atom stereocenters. The van der Waals surface area contributed by atoms with Gasteiger partial charge in [-0.1, -0.05) is 26.7 Å². The number of aryl methyl sites for hydroxylation is 1. The van der Waals surface area contributed by atoms with Crippen molar-refractivity contribution in [3.8, 4) is 0 Å². The largest absolute Gasteiger partial charge is 0.278 e. The van der Waals surface area contributed by atoms with E-state index in [1.54, 1.807) is 10.2 Å². The zero-order chi connectivity index (χ0) is 10.7. The first-order valence-corrected chi connectivity index (χ1v) is 5.70. The number of halogens is 1. The zero-order valence-electron chi connectivity index (χ0n) is 8.45. The van der Waals surface area contributed by atoms with Crippen LogP contribution in [0.5, 0.6) is 0 Å². The number of rotatable bonds is 0. The summed E-state index contributed by atoms with van der Waals surface area (Å²) in [5.41, 5.74) is 2.09. The van der Waals surface area contributed by atoms with E-state index >= 15 is 0 Å². The summed E-state index contributed by atoms with van der Waals surface area (Å²) >= 11 is 7.62. The topological polar surface area (TPSA) is 17.8 Å². The van der Waals surface area contributed by atoms with Crippen molar-refractivity contribution in [2.75, 3.05) is 0 Å². The lowest BCUT2D eigenvalue weighted by Gasteiger charge is -1.93. The molecule has 4 heteroatoms. The Kier molecular flexibility index (Phi) is 4.01.